The minimum atomic E-state index is -0.457. The van der Waals surface area contributed by atoms with Crippen LogP contribution in [0.2, 0.25) is 0 Å². The highest BCUT2D eigenvalue weighted by atomic mass is 16.5. The summed E-state index contributed by atoms with van der Waals surface area (Å²) in [5, 5.41) is 0. The van der Waals surface area contributed by atoms with Gasteiger partial charge in [0, 0.05) is 27.5 Å². The smallest absolute Gasteiger partial charge is 0.364 e. The molecule has 4 heterocycles. The molecule has 2 spiro atoms. The van der Waals surface area contributed by atoms with Gasteiger partial charge in [-0.3, -0.25) is 9.39 Å². The molecule has 0 atom stereocenters. The summed E-state index contributed by atoms with van der Waals surface area (Å²) >= 11 is 0. The van der Waals surface area contributed by atoms with Crippen LogP contribution in [0.15, 0.2) is 156 Å². The van der Waals surface area contributed by atoms with E-state index in [2.05, 4.69) is 161 Å². The molecule has 0 bridgehead atoms. The predicted octanol–water partition coefficient (Wildman–Crippen LogP) is 10.9. The maximum absolute atomic E-state index is 15.8. The Kier molecular flexibility index (Phi) is 7.55. The molecule has 2 saturated carbocycles. The van der Waals surface area contributed by atoms with E-state index in [1.165, 1.54) is 31.4 Å². The van der Waals surface area contributed by atoms with Gasteiger partial charge in [0.2, 0.25) is 5.88 Å². The van der Waals surface area contributed by atoms with E-state index < -0.39 is 6.85 Å². The summed E-state index contributed by atoms with van der Waals surface area (Å²) in [7, 11) is 0. The van der Waals surface area contributed by atoms with Crippen molar-refractivity contribution in [1.29, 1.82) is 0 Å². The molecule has 0 saturated heterocycles. The van der Waals surface area contributed by atoms with Crippen molar-refractivity contribution < 1.29 is 4.74 Å². The zero-order valence-corrected chi connectivity index (χ0v) is 34.0. The molecule has 13 rings (SSSR count). The first-order chi connectivity index (χ1) is 30.1. The predicted molar refractivity (Wildman–Crippen MR) is 245 cm³/mol. The Hall–Kier alpha value is -6.73. The van der Waals surface area contributed by atoms with Gasteiger partial charge < -0.3 is 4.74 Å². The van der Waals surface area contributed by atoms with Crippen LogP contribution in [0.1, 0.15) is 69.0 Å². The highest BCUT2D eigenvalue weighted by Crippen LogP contribution is 2.62. The molecule has 7 heteroatoms. The summed E-state index contributed by atoms with van der Waals surface area (Å²) in [5.41, 5.74) is 13.6. The first-order valence-corrected chi connectivity index (χ1v) is 22.1. The molecule has 2 aromatic heterocycles. The quantitative estimate of drug-likeness (QED) is 0.163. The van der Waals surface area contributed by atoms with Gasteiger partial charge in [0.05, 0.1) is 11.2 Å². The van der Waals surface area contributed by atoms with Crippen LogP contribution >= 0.6 is 0 Å². The zero-order chi connectivity index (χ0) is 40.3. The van der Waals surface area contributed by atoms with E-state index in [9.17, 15) is 0 Å². The van der Waals surface area contributed by atoms with Crippen LogP contribution in [0.5, 0.6) is 11.6 Å². The molecule has 0 amide bonds. The number of fused-ring (bicyclic) bond motifs is 9. The average Bonchev–Trinajstić information content (AvgIpc) is 4.16. The van der Waals surface area contributed by atoms with E-state index in [0.29, 0.717) is 11.7 Å². The molecule has 5 aliphatic rings. The van der Waals surface area contributed by atoms with Crippen LogP contribution in [0.3, 0.4) is 0 Å². The second kappa shape index (κ2) is 13.1. The Morgan fingerprint density at radius 2 is 1.10 bits per heavy atom. The molecular formula is C54H43BN4O2. The van der Waals surface area contributed by atoms with Gasteiger partial charge >= 0.3 is 6.85 Å². The number of nitrogens with zero attached hydrogens (tertiary/aromatic N) is 4. The van der Waals surface area contributed by atoms with Crippen molar-refractivity contribution in [3.63, 3.8) is 0 Å². The van der Waals surface area contributed by atoms with Crippen molar-refractivity contribution in [2.75, 3.05) is 0 Å². The van der Waals surface area contributed by atoms with E-state index in [-0.39, 0.29) is 16.4 Å². The minimum Gasteiger partial charge on any atom is -0.439 e. The Labute approximate surface area is 355 Å². The fourth-order valence-corrected chi connectivity index (χ4v) is 12.3. The molecular weight excluding hydrogens is 747 g/mol. The van der Waals surface area contributed by atoms with E-state index in [1.807, 2.05) is 0 Å². The second-order valence-electron chi connectivity index (χ2n) is 18.1. The van der Waals surface area contributed by atoms with Gasteiger partial charge in [-0.2, -0.15) is 4.98 Å². The highest BCUT2D eigenvalue weighted by Gasteiger charge is 2.61. The lowest BCUT2D eigenvalue weighted by molar-refractivity contribution is 0.311. The summed E-state index contributed by atoms with van der Waals surface area (Å²) in [6.07, 6.45) is 10.2. The lowest BCUT2D eigenvalue weighted by Crippen LogP contribution is -2.54. The molecule has 6 nitrogen and oxygen atoms in total. The number of hydrogen-bond donors (Lipinski definition) is 0. The van der Waals surface area contributed by atoms with Crippen molar-refractivity contribution in [2.24, 2.45) is 0 Å². The average molecular weight is 791 g/mol. The number of rotatable bonds is 5. The fraction of sp³-hybridized carbons (Fsp3) is 0.204. The Morgan fingerprint density at radius 3 is 1.69 bits per heavy atom. The number of ether oxygens (including phenoxy) is 1. The number of benzene rings is 6. The summed E-state index contributed by atoms with van der Waals surface area (Å²) in [6.45, 7) is -0.457. The van der Waals surface area contributed by atoms with Gasteiger partial charge in [-0.1, -0.05) is 171 Å². The van der Waals surface area contributed by atoms with Gasteiger partial charge in [0.25, 0.3) is 5.56 Å². The second-order valence-corrected chi connectivity index (χ2v) is 18.1. The van der Waals surface area contributed by atoms with E-state index in [1.54, 1.807) is 0 Å². The van der Waals surface area contributed by atoms with Crippen LogP contribution < -0.4 is 21.2 Å². The summed E-state index contributed by atoms with van der Waals surface area (Å²) < 4.78 is 11.7. The molecule has 61 heavy (non-hydrogen) atoms. The van der Waals surface area contributed by atoms with Crippen molar-refractivity contribution in [1.82, 2.24) is 19.2 Å². The van der Waals surface area contributed by atoms with Crippen LogP contribution in [0, 0.1) is 0 Å². The van der Waals surface area contributed by atoms with Crippen molar-refractivity contribution in [3.8, 4) is 73.3 Å². The van der Waals surface area contributed by atoms with E-state index in [0.717, 1.165) is 110 Å². The van der Waals surface area contributed by atoms with Crippen molar-refractivity contribution >= 4 is 17.8 Å². The lowest BCUT2D eigenvalue weighted by atomic mass is 9.50. The third kappa shape index (κ3) is 5.01. The third-order valence-electron chi connectivity index (χ3n) is 14.8. The standard InChI is InChI=1S/C54H43BN4O2/c60-52-45-48(54(30-15-16-31-54)34-53(45)28-13-14-29-53)58-50-46-51(57-49(56-50)44-40(36-20-7-2-8-21-36)26-17-27-41(44)37-22-9-3-10-23-37)61-47-42(38-24-11-4-12-25-38)32-39(35-18-5-1-6-19-35)33-43(47)55(46)59(52)58/h1-12,17-27,32-33H,13-16,28-31,34H2. The molecule has 3 aliphatic carbocycles. The maximum Gasteiger partial charge on any atom is 0.364 e. The molecule has 0 radical (unpaired) electrons. The van der Waals surface area contributed by atoms with Crippen molar-refractivity contribution in [2.45, 2.75) is 68.6 Å². The van der Waals surface area contributed by atoms with Crippen LogP contribution in [0.25, 0.3) is 61.7 Å². The van der Waals surface area contributed by atoms with Crippen LogP contribution in [-0.2, 0) is 10.8 Å². The van der Waals surface area contributed by atoms with Crippen LogP contribution in [-0.4, -0.2) is 26.1 Å². The monoisotopic (exact) mass is 790 g/mol. The fourth-order valence-electron chi connectivity index (χ4n) is 12.3. The van der Waals surface area contributed by atoms with Gasteiger partial charge in [0.1, 0.15) is 5.75 Å². The van der Waals surface area contributed by atoms with Gasteiger partial charge in [-0.05, 0) is 82.6 Å². The Bertz CT molecular complexity index is 3050. The SMILES string of the molecule is O=c1c2c(n3n1B1c4cc(-c5ccccc5)cc(-c5ccccc5)c4Oc4nc(-c5c(-c6ccccc6)cccc5-c5ccccc5)nc-3c41)C1(CCCC1)CC21CCCC1. The third-order valence-corrected chi connectivity index (χ3v) is 14.8. The number of hydrogen-bond acceptors (Lipinski definition) is 4. The Morgan fingerprint density at radius 1 is 0.557 bits per heavy atom. The number of aromatic nitrogens is 4. The van der Waals surface area contributed by atoms with Crippen LogP contribution in [0.4, 0.5) is 0 Å². The molecule has 0 N–H and O–H groups in total. The normalized spacial score (nSPS) is 17.0. The minimum absolute atomic E-state index is 0.0580. The molecule has 2 aliphatic heterocycles. The molecule has 0 unspecified atom stereocenters. The Balaban J connectivity index is 1.15. The summed E-state index contributed by atoms with van der Waals surface area (Å²) in [5.74, 6) is 2.63. The van der Waals surface area contributed by atoms with Gasteiger partial charge in [0.15, 0.2) is 11.6 Å². The van der Waals surface area contributed by atoms with E-state index >= 15 is 4.79 Å². The van der Waals surface area contributed by atoms with E-state index in [4.69, 9.17) is 14.7 Å². The van der Waals surface area contributed by atoms with Gasteiger partial charge in [-0.25, -0.2) is 9.67 Å². The van der Waals surface area contributed by atoms with Gasteiger partial charge in [-0.15, -0.1) is 0 Å². The first kappa shape index (κ1) is 35.1. The molecule has 8 aromatic rings. The summed E-state index contributed by atoms with van der Waals surface area (Å²) in [6, 6.07) is 53.1. The molecule has 294 valence electrons. The zero-order valence-electron chi connectivity index (χ0n) is 34.0. The largest absolute Gasteiger partial charge is 0.439 e. The molecule has 2 fully saturated rings. The highest BCUT2D eigenvalue weighted by molar-refractivity contribution is 6.87. The first-order valence-electron chi connectivity index (χ1n) is 22.1. The summed E-state index contributed by atoms with van der Waals surface area (Å²) in [4.78, 5) is 27.1. The lowest BCUT2D eigenvalue weighted by Gasteiger charge is -2.30. The maximum atomic E-state index is 15.8. The van der Waals surface area contributed by atoms with Crippen molar-refractivity contribution in [3.05, 3.63) is 173 Å². The topological polar surface area (TPSA) is 61.9 Å². The molecule has 6 aromatic carbocycles.